The van der Waals surface area contributed by atoms with E-state index in [9.17, 15) is 0 Å². The van der Waals surface area contributed by atoms with Gasteiger partial charge in [0.2, 0.25) is 0 Å². The standard InChI is InChI=1S/C12H11N5/c1-8-6-9(2-4-14-8)12-15-11-7-10(13)3-5-17(11)16-12/h2-7H,13H2,1H3. The molecule has 0 aliphatic carbocycles. The average Bonchev–Trinajstić information content (AvgIpc) is 2.72. The van der Waals surface area contributed by atoms with Gasteiger partial charge in [-0.2, -0.15) is 0 Å². The van der Waals surface area contributed by atoms with Crippen LogP contribution < -0.4 is 5.73 Å². The number of nitrogens with zero attached hydrogens (tertiary/aromatic N) is 4. The lowest BCUT2D eigenvalue weighted by molar-refractivity contribution is 0.966. The van der Waals surface area contributed by atoms with E-state index in [2.05, 4.69) is 15.1 Å². The van der Waals surface area contributed by atoms with Crippen LogP contribution >= 0.6 is 0 Å². The van der Waals surface area contributed by atoms with E-state index in [4.69, 9.17) is 5.73 Å². The minimum atomic E-state index is 0.682. The zero-order valence-electron chi connectivity index (χ0n) is 9.33. The summed E-state index contributed by atoms with van der Waals surface area (Å²) in [6, 6.07) is 7.44. The molecule has 0 aliphatic heterocycles. The first-order valence-corrected chi connectivity index (χ1v) is 5.27. The molecule has 0 aromatic carbocycles. The van der Waals surface area contributed by atoms with Gasteiger partial charge in [0.25, 0.3) is 0 Å². The van der Waals surface area contributed by atoms with Gasteiger partial charge in [-0.25, -0.2) is 9.50 Å². The zero-order valence-corrected chi connectivity index (χ0v) is 9.33. The van der Waals surface area contributed by atoms with Crippen LogP contribution in [0.15, 0.2) is 36.7 Å². The van der Waals surface area contributed by atoms with Crippen molar-refractivity contribution in [3.63, 3.8) is 0 Å². The van der Waals surface area contributed by atoms with Crippen molar-refractivity contribution >= 4 is 11.3 Å². The number of rotatable bonds is 1. The minimum absolute atomic E-state index is 0.682. The molecule has 0 spiro atoms. The molecular weight excluding hydrogens is 214 g/mol. The summed E-state index contributed by atoms with van der Waals surface area (Å²) in [6.45, 7) is 1.94. The predicted octanol–water partition coefficient (Wildman–Crippen LogP) is 1.68. The maximum atomic E-state index is 5.70. The Morgan fingerprint density at radius 1 is 1.24 bits per heavy atom. The number of nitrogens with two attached hydrogens (primary N) is 1. The summed E-state index contributed by atoms with van der Waals surface area (Å²) >= 11 is 0. The monoisotopic (exact) mass is 225 g/mol. The first-order valence-electron chi connectivity index (χ1n) is 5.27. The van der Waals surface area contributed by atoms with Crippen LogP contribution in [0.2, 0.25) is 0 Å². The molecule has 84 valence electrons. The fourth-order valence-corrected chi connectivity index (χ4v) is 1.70. The van der Waals surface area contributed by atoms with Gasteiger partial charge in [-0.3, -0.25) is 4.98 Å². The molecule has 0 amide bonds. The van der Waals surface area contributed by atoms with Gasteiger partial charge in [-0.1, -0.05) is 0 Å². The van der Waals surface area contributed by atoms with Crippen molar-refractivity contribution in [2.45, 2.75) is 6.92 Å². The van der Waals surface area contributed by atoms with Gasteiger partial charge in [0.1, 0.15) is 0 Å². The van der Waals surface area contributed by atoms with Crippen LogP contribution in [-0.2, 0) is 0 Å². The fourth-order valence-electron chi connectivity index (χ4n) is 1.70. The van der Waals surface area contributed by atoms with Gasteiger partial charge in [0.05, 0.1) is 0 Å². The molecule has 0 fully saturated rings. The molecule has 0 unspecified atom stereocenters. The largest absolute Gasteiger partial charge is 0.399 e. The second-order valence-electron chi connectivity index (χ2n) is 3.88. The highest BCUT2D eigenvalue weighted by Crippen LogP contribution is 2.17. The quantitative estimate of drug-likeness (QED) is 0.684. The molecule has 5 nitrogen and oxygen atoms in total. The minimum Gasteiger partial charge on any atom is -0.399 e. The van der Waals surface area contributed by atoms with Crippen molar-refractivity contribution < 1.29 is 0 Å². The van der Waals surface area contributed by atoms with Crippen molar-refractivity contribution in [1.29, 1.82) is 0 Å². The Kier molecular flexibility index (Phi) is 2.04. The first kappa shape index (κ1) is 9.77. The molecule has 0 aliphatic rings. The summed E-state index contributed by atoms with van der Waals surface area (Å²) in [7, 11) is 0. The Morgan fingerprint density at radius 3 is 2.94 bits per heavy atom. The summed E-state index contributed by atoms with van der Waals surface area (Å²) < 4.78 is 1.71. The molecule has 3 aromatic rings. The van der Waals surface area contributed by atoms with E-state index in [1.54, 1.807) is 29.0 Å². The summed E-state index contributed by atoms with van der Waals surface area (Å²) in [5.74, 6) is 0.682. The van der Waals surface area contributed by atoms with Gasteiger partial charge in [0, 0.05) is 35.4 Å². The van der Waals surface area contributed by atoms with Crippen LogP contribution in [0.1, 0.15) is 5.69 Å². The van der Waals surface area contributed by atoms with Crippen LogP contribution in [0.4, 0.5) is 5.69 Å². The van der Waals surface area contributed by atoms with Crippen LogP contribution in [0.3, 0.4) is 0 Å². The summed E-state index contributed by atoms with van der Waals surface area (Å²) in [4.78, 5) is 8.58. The lowest BCUT2D eigenvalue weighted by Crippen LogP contribution is -1.90. The molecule has 0 radical (unpaired) electrons. The van der Waals surface area contributed by atoms with E-state index in [1.165, 1.54) is 0 Å². The second-order valence-corrected chi connectivity index (χ2v) is 3.88. The highest BCUT2D eigenvalue weighted by molar-refractivity contribution is 5.60. The number of nitrogen functional groups attached to an aromatic ring is 1. The number of hydrogen-bond acceptors (Lipinski definition) is 4. The second kappa shape index (κ2) is 3.55. The number of pyridine rings is 2. The van der Waals surface area contributed by atoms with E-state index in [1.807, 2.05) is 19.1 Å². The lowest BCUT2D eigenvalue weighted by Gasteiger charge is -1.94. The Hall–Kier alpha value is -2.43. The van der Waals surface area contributed by atoms with Gasteiger partial charge < -0.3 is 5.73 Å². The van der Waals surface area contributed by atoms with Crippen molar-refractivity contribution in [2.24, 2.45) is 0 Å². The predicted molar refractivity (Wildman–Crippen MR) is 65.4 cm³/mol. The van der Waals surface area contributed by atoms with E-state index in [-0.39, 0.29) is 0 Å². The molecule has 0 saturated carbocycles. The van der Waals surface area contributed by atoms with Gasteiger partial charge in [0.15, 0.2) is 11.5 Å². The van der Waals surface area contributed by atoms with Crippen LogP contribution in [0, 0.1) is 6.92 Å². The average molecular weight is 225 g/mol. The van der Waals surface area contributed by atoms with Gasteiger partial charge >= 0.3 is 0 Å². The Labute approximate surface area is 97.9 Å². The summed E-state index contributed by atoms with van der Waals surface area (Å²) in [6.07, 6.45) is 3.56. The highest BCUT2D eigenvalue weighted by atomic mass is 15.3. The molecule has 17 heavy (non-hydrogen) atoms. The number of aryl methyl sites for hydroxylation is 1. The van der Waals surface area contributed by atoms with E-state index in [0.717, 1.165) is 16.9 Å². The third-order valence-corrected chi connectivity index (χ3v) is 2.52. The fraction of sp³-hybridized carbons (Fsp3) is 0.0833. The lowest BCUT2D eigenvalue weighted by atomic mass is 10.2. The first-order chi connectivity index (χ1) is 8.22. The maximum absolute atomic E-state index is 5.70. The third kappa shape index (κ3) is 1.71. The highest BCUT2D eigenvalue weighted by Gasteiger charge is 2.06. The van der Waals surface area contributed by atoms with E-state index in [0.29, 0.717) is 11.5 Å². The van der Waals surface area contributed by atoms with E-state index < -0.39 is 0 Å². The van der Waals surface area contributed by atoms with Crippen molar-refractivity contribution in [1.82, 2.24) is 19.6 Å². The third-order valence-electron chi connectivity index (χ3n) is 2.52. The topological polar surface area (TPSA) is 69.1 Å². The van der Waals surface area contributed by atoms with Gasteiger partial charge in [-0.05, 0) is 25.1 Å². The molecule has 0 atom stereocenters. The zero-order chi connectivity index (χ0) is 11.8. The molecule has 2 N–H and O–H groups in total. The Morgan fingerprint density at radius 2 is 2.12 bits per heavy atom. The molecule has 3 heterocycles. The van der Waals surface area contributed by atoms with Crippen molar-refractivity contribution in [2.75, 3.05) is 5.73 Å². The SMILES string of the molecule is Cc1cc(-c2nc3cc(N)ccn3n2)ccn1. The van der Waals surface area contributed by atoms with Crippen molar-refractivity contribution in [3.8, 4) is 11.4 Å². The van der Waals surface area contributed by atoms with Crippen LogP contribution in [0.25, 0.3) is 17.0 Å². The van der Waals surface area contributed by atoms with Crippen LogP contribution in [-0.4, -0.2) is 19.6 Å². The van der Waals surface area contributed by atoms with Crippen LogP contribution in [0.5, 0.6) is 0 Å². The Bertz CT molecular complexity index is 686. The molecular formula is C12H11N5. The molecule has 0 saturated heterocycles. The smallest absolute Gasteiger partial charge is 0.182 e. The van der Waals surface area contributed by atoms with E-state index >= 15 is 0 Å². The number of anilines is 1. The molecule has 5 heteroatoms. The maximum Gasteiger partial charge on any atom is 0.182 e. The normalized spacial score (nSPS) is 10.9. The van der Waals surface area contributed by atoms with Crippen molar-refractivity contribution in [3.05, 3.63) is 42.4 Å². The number of aromatic nitrogens is 4. The Balaban J connectivity index is 2.18. The summed E-state index contributed by atoms with van der Waals surface area (Å²) in [5, 5.41) is 4.39. The summed E-state index contributed by atoms with van der Waals surface area (Å²) in [5.41, 5.74) is 9.04. The molecule has 3 aromatic heterocycles. The molecule has 3 rings (SSSR count). The number of fused-ring (bicyclic) bond motifs is 1. The molecule has 0 bridgehead atoms. The van der Waals surface area contributed by atoms with Gasteiger partial charge in [-0.15, -0.1) is 5.10 Å². The number of hydrogen-bond donors (Lipinski definition) is 1.